The number of aliphatic hydroxyl groups is 1. The second-order valence-corrected chi connectivity index (χ2v) is 13.2. The minimum Gasteiger partial charge on any atom is -0.497 e. The molecule has 3 aliphatic carbocycles. The maximum atomic E-state index is 14.3. The number of hydrogen-bond donors (Lipinski definition) is 2. The maximum absolute atomic E-state index is 14.3. The SMILES string of the molecule is COc1ccc2c(c1)C1CC1(C(=O)N1CC(O)(C3CC3)C1)Cn1c-2c(C2CCCCC2)c2ccc(C(N)=O)cc21. The van der Waals surface area contributed by atoms with Crippen LogP contribution >= 0.6 is 0 Å². The molecule has 0 spiro atoms. The Kier molecular flexibility index (Phi) is 5.11. The molecule has 3 aromatic rings. The molecule has 1 saturated heterocycles. The van der Waals surface area contributed by atoms with Crippen LogP contribution in [-0.4, -0.2) is 52.2 Å². The molecule has 1 aromatic heterocycles. The van der Waals surface area contributed by atoms with Crippen LogP contribution < -0.4 is 10.5 Å². The Bertz CT molecular complexity index is 1570. The number of methoxy groups -OCH3 is 1. The number of nitrogens with zero attached hydrogens (tertiary/aromatic N) is 2. The van der Waals surface area contributed by atoms with Crippen molar-refractivity contribution in [3.8, 4) is 17.0 Å². The van der Waals surface area contributed by atoms with E-state index < -0.39 is 16.9 Å². The third-order valence-corrected chi connectivity index (χ3v) is 10.8. The van der Waals surface area contributed by atoms with Crippen LogP contribution in [0.1, 0.15) is 84.7 Å². The van der Waals surface area contributed by atoms with Gasteiger partial charge in [-0.2, -0.15) is 0 Å². The molecule has 7 heteroatoms. The molecule has 2 aliphatic heterocycles. The number of ether oxygens (including phenoxy) is 1. The highest BCUT2D eigenvalue weighted by Crippen LogP contribution is 2.66. The summed E-state index contributed by atoms with van der Waals surface area (Å²) in [6.07, 6.45) is 8.90. The molecule has 3 heterocycles. The number of amides is 2. The van der Waals surface area contributed by atoms with Crippen LogP contribution in [0.4, 0.5) is 0 Å². The highest BCUT2D eigenvalue weighted by atomic mass is 16.5. The van der Waals surface area contributed by atoms with Gasteiger partial charge in [-0.25, -0.2) is 0 Å². The summed E-state index contributed by atoms with van der Waals surface area (Å²) in [5, 5.41) is 12.2. The molecule has 2 atom stereocenters. The molecule has 2 unspecified atom stereocenters. The first kappa shape index (κ1) is 24.5. The van der Waals surface area contributed by atoms with Crippen LogP contribution in [0.5, 0.6) is 5.75 Å². The summed E-state index contributed by atoms with van der Waals surface area (Å²) >= 11 is 0. The summed E-state index contributed by atoms with van der Waals surface area (Å²) in [7, 11) is 1.69. The highest BCUT2D eigenvalue weighted by molar-refractivity contribution is 6.01. The molecule has 8 rings (SSSR count). The van der Waals surface area contributed by atoms with Crippen molar-refractivity contribution in [1.29, 1.82) is 0 Å². The molecule has 208 valence electrons. The fourth-order valence-corrected chi connectivity index (χ4v) is 8.39. The molecule has 3 saturated carbocycles. The quantitative estimate of drug-likeness (QED) is 0.480. The van der Waals surface area contributed by atoms with E-state index in [1.54, 1.807) is 7.11 Å². The van der Waals surface area contributed by atoms with Gasteiger partial charge in [0.15, 0.2) is 0 Å². The van der Waals surface area contributed by atoms with Crippen molar-refractivity contribution in [2.45, 2.75) is 75.3 Å². The second-order valence-electron chi connectivity index (χ2n) is 13.2. The van der Waals surface area contributed by atoms with Gasteiger partial charge in [0.1, 0.15) is 11.4 Å². The average molecular weight is 540 g/mol. The lowest BCUT2D eigenvalue weighted by molar-refractivity contribution is -0.165. The second kappa shape index (κ2) is 8.35. The number of benzene rings is 2. The number of nitrogens with two attached hydrogens (primary N) is 1. The van der Waals surface area contributed by atoms with Gasteiger partial charge in [-0.1, -0.05) is 25.3 Å². The maximum Gasteiger partial charge on any atom is 0.248 e. The Labute approximate surface area is 234 Å². The summed E-state index contributed by atoms with van der Waals surface area (Å²) in [4.78, 5) is 28.5. The molecular formula is C33H37N3O4. The number of β-amino-alcohol motifs (C(OH)–C–C–N with tert-alkyl or cyclic N) is 1. The van der Waals surface area contributed by atoms with Crippen molar-refractivity contribution in [2.24, 2.45) is 17.1 Å². The Morgan fingerprint density at radius 1 is 1.00 bits per heavy atom. The van der Waals surface area contributed by atoms with Crippen LogP contribution in [0.3, 0.4) is 0 Å². The number of rotatable bonds is 5. The molecule has 0 bridgehead atoms. The zero-order chi connectivity index (χ0) is 27.4. The van der Waals surface area contributed by atoms with Gasteiger partial charge in [-0.3, -0.25) is 9.59 Å². The van der Waals surface area contributed by atoms with Gasteiger partial charge >= 0.3 is 0 Å². The van der Waals surface area contributed by atoms with Gasteiger partial charge in [-0.15, -0.1) is 0 Å². The van der Waals surface area contributed by atoms with Gasteiger partial charge in [0.05, 0.1) is 31.3 Å². The van der Waals surface area contributed by atoms with Crippen molar-refractivity contribution in [3.63, 3.8) is 0 Å². The van der Waals surface area contributed by atoms with Gasteiger partial charge in [0.25, 0.3) is 0 Å². The van der Waals surface area contributed by atoms with Crippen LogP contribution in [-0.2, 0) is 11.3 Å². The number of carbonyl (C=O) groups excluding carboxylic acids is 2. The fourth-order valence-electron chi connectivity index (χ4n) is 8.39. The number of aromatic nitrogens is 1. The van der Waals surface area contributed by atoms with Gasteiger partial charge in [0, 0.05) is 34.5 Å². The Morgan fingerprint density at radius 2 is 1.77 bits per heavy atom. The minimum atomic E-state index is -0.710. The first-order chi connectivity index (χ1) is 19.3. The highest BCUT2D eigenvalue weighted by Gasteiger charge is 2.66. The smallest absolute Gasteiger partial charge is 0.248 e. The van der Waals surface area contributed by atoms with E-state index in [9.17, 15) is 14.7 Å². The number of primary amides is 1. The average Bonchev–Trinajstić information content (AvgIpc) is 3.87. The third kappa shape index (κ3) is 3.39. The van der Waals surface area contributed by atoms with E-state index >= 15 is 0 Å². The Hall–Kier alpha value is -3.32. The van der Waals surface area contributed by atoms with Crippen LogP contribution in [0, 0.1) is 11.3 Å². The monoisotopic (exact) mass is 539 g/mol. The lowest BCUT2D eigenvalue weighted by Gasteiger charge is -2.48. The zero-order valence-corrected chi connectivity index (χ0v) is 23.1. The molecule has 4 fully saturated rings. The zero-order valence-electron chi connectivity index (χ0n) is 23.1. The molecule has 2 amide bonds. The van der Waals surface area contributed by atoms with Crippen LogP contribution in [0.2, 0.25) is 0 Å². The van der Waals surface area contributed by atoms with E-state index in [4.69, 9.17) is 10.5 Å². The fraction of sp³-hybridized carbons (Fsp3) is 0.515. The summed E-state index contributed by atoms with van der Waals surface area (Å²) in [6.45, 7) is 1.44. The van der Waals surface area contributed by atoms with E-state index in [0.29, 0.717) is 37.0 Å². The van der Waals surface area contributed by atoms with E-state index in [-0.39, 0.29) is 11.8 Å². The van der Waals surface area contributed by atoms with E-state index in [1.165, 1.54) is 47.0 Å². The lowest BCUT2D eigenvalue weighted by atomic mass is 9.81. The predicted octanol–water partition coefficient (Wildman–Crippen LogP) is 4.93. The number of fused-ring (bicyclic) bond motifs is 7. The first-order valence-electron chi connectivity index (χ1n) is 15.0. The number of carbonyl (C=O) groups is 2. The first-order valence-corrected chi connectivity index (χ1v) is 15.0. The Morgan fingerprint density at radius 3 is 2.48 bits per heavy atom. The lowest BCUT2D eigenvalue weighted by Crippen LogP contribution is -2.66. The number of hydrogen-bond acceptors (Lipinski definition) is 4. The number of likely N-dealkylation sites (tertiary alicyclic amines) is 1. The molecular weight excluding hydrogens is 502 g/mol. The van der Waals surface area contributed by atoms with Crippen molar-refractivity contribution in [1.82, 2.24) is 9.47 Å². The van der Waals surface area contributed by atoms with Crippen molar-refractivity contribution >= 4 is 22.7 Å². The normalized spacial score (nSPS) is 26.8. The van der Waals surface area contributed by atoms with Crippen molar-refractivity contribution in [2.75, 3.05) is 20.2 Å². The van der Waals surface area contributed by atoms with Crippen LogP contribution in [0.25, 0.3) is 22.2 Å². The Balaban J connectivity index is 1.32. The molecule has 5 aliphatic rings. The predicted molar refractivity (Wildman–Crippen MR) is 152 cm³/mol. The minimum absolute atomic E-state index is 0.0909. The third-order valence-electron chi connectivity index (χ3n) is 10.8. The summed E-state index contributed by atoms with van der Waals surface area (Å²) < 4.78 is 8.01. The van der Waals surface area contributed by atoms with Crippen molar-refractivity contribution < 1.29 is 19.4 Å². The van der Waals surface area contributed by atoms with E-state index in [0.717, 1.165) is 43.4 Å². The van der Waals surface area contributed by atoms with Gasteiger partial charge in [0.2, 0.25) is 11.8 Å². The summed E-state index contributed by atoms with van der Waals surface area (Å²) in [5.41, 5.74) is 10.9. The molecule has 2 aromatic carbocycles. The van der Waals surface area contributed by atoms with Crippen LogP contribution in [0.15, 0.2) is 36.4 Å². The van der Waals surface area contributed by atoms with Gasteiger partial charge < -0.3 is 25.0 Å². The molecule has 3 N–H and O–H groups in total. The standard InChI is InChI=1S/C33H37N3O4/c1-40-22-10-12-23-25(14-22)26-15-32(26,31(38)35-17-33(39,18-35)21-8-9-21)16-36-27-13-20(30(34)37)7-11-24(27)28(29(23)36)19-5-3-2-4-6-19/h7,10-14,19,21,26,39H,2-6,8-9,15-18H2,1H3,(H2,34,37). The van der Waals surface area contributed by atoms with Crippen molar-refractivity contribution in [3.05, 3.63) is 53.1 Å². The van der Waals surface area contributed by atoms with Gasteiger partial charge in [-0.05, 0) is 85.4 Å². The van der Waals surface area contributed by atoms with E-state index in [1.807, 2.05) is 23.1 Å². The molecule has 40 heavy (non-hydrogen) atoms. The molecule has 7 nitrogen and oxygen atoms in total. The summed E-state index contributed by atoms with van der Waals surface area (Å²) in [6, 6.07) is 12.2. The largest absolute Gasteiger partial charge is 0.497 e. The molecule has 0 radical (unpaired) electrons. The van der Waals surface area contributed by atoms with E-state index in [2.05, 4.69) is 22.8 Å². The summed E-state index contributed by atoms with van der Waals surface area (Å²) in [5.74, 6) is 1.38. The topological polar surface area (TPSA) is 97.8 Å².